The number of aromatic nitrogens is 4. The highest BCUT2D eigenvalue weighted by Gasteiger charge is 2.49. The number of phenolic OH excluding ortho intramolecular Hbond substituents is 1. The van der Waals surface area contributed by atoms with Gasteiger partial charge >= 0.3 is 6.01 Å². The first kappa shape index (κ1) is 24.8. The van der Waals surface area contributed by atoms with E-state index in [0.29, 0.717) is 59.5 Å². The zero-order valence-corrected chi connectivity index (χ0v) is 22.7. The van der Waals surface area contributed by atoms with Crippen LogP contribution in [0.2, 0.25) is 0 Å². The Morgan fingerprint density at radius 1 is 1.17 bits per heavy atom. The van der Waals surface area contributed by atoms with Gasteiger partial charge in [0.05, 0.1) is 5.54 Å². The Kier molecular flexibility index (Phi) is 5.63. The van der Waals surface area contributed by atoms with Gasteiger partial charge in [0.2, 0.25) is 0 Å². The Morgan fingerprint density at radius 3 is 2.85 bits per heavy atom. The largest absolute Gasteiger partial charge is 0.508 e. The normalized spacial score (nSPS) is 27.5. The van der Waals surface area contributed by atoms with Gasteiger partial charge in [-0.15, -0.1) is 6.42 Å². The molecule has 9 nitrogen and oxygen atoms in total. The topological polar surface area (TPSA) is 102 Å². The molecule has 10 heteroatoms. The molecule has 4 fully saturated rings. The van der Waals surface area contributed by atoms with Crippen LogP contribution in [0.1, 0.15) is 37.7 Å². The van der Waals surface area contributed by atoms with Crippen molar-refractivity contribution in [1.82, 2.24) is 30.4 Å². The van der Waals surface area contributed by atoms with Gasteiger partial charge in [-0.25, -0.2) is 4.39 Å². The molecular weight excluding hydrogens is 521 g/mol. The lowest BCUT2D eigenvalue weighted by atomic mass is 9.95. The molecule has 0 amide bonds. The zero-order valence-electron chi connectivity index (χ0n) is 22.7. The number of phenols is 1. The molecule has 0 spiro atoms. The van der Waals surface area contributed by atoms with Crippen LogP contribution in [0.25, 0.3) is 33.1 Å². The monoisotopic (exact) mass is 553 g/mol. The molecule has 210 valence electrons. The van der Waals surface area contributed by atoms with Gasteiger partial charge in [-0.1, -0.05) is 18.1 Å². The third kappa shape index (κ3) is 4.02. The van der Waals surface area contributed by atoms with E-state index in [4.69, 9.17) is 26.2 Å². The lowest BCUT2D eigenvalue weighted by Gasteiger charge is -2.34. The maximum atomic E-state index is 14.4. The van der Waals surface area contributed by atoms with Crippen molar-refractivity contribution in [3.05, 3.63) is 35.9 Å². The number of nitrogens with one attached hydrogen (secondary N) is 2. The van der Waals surface area contributed by atoms with Crippen molar-refractivity contribution in [2.24, 2.45) is 0 Å². The Balaban J connectivity index is 1.27. The van der Waals surface area contributed by atoms with Crippen LogP contribution in [0.4, 0.5) is 10.2 Å². The highest BCUT2D eigenvalue weighted by Crippen LogP contribution is 2.42. The summed E-state index contributed by atoms with van der Waals surface area (Å²) in [5.74, 6) is 3.64. The number of hydrogen-bond donors (Lipinski definition) is 3. The Hall–Kier alpha value is -3.94. The molecule has 8 rings (SSSR count). The quantitative estimate of drug-likeness (QED) is 0.321. The van der Waals surface area contributed by atoms with Crippen LogP contribution >= 0.6 is 0 Å². The second-order valence-corrected chi connectivity index (χ2v) is 12.1. The predicted molar refractivity (Wildman–Crippen MR) is 155 cm³/mol. The number of nitrogens with zero attached hydrogens (tertiary/aromatic N) is 5. The lowest BCUT2D eigenvalue weighted by molar-refractivity contribution is 0.107. The van der Waals surface area contributed by atoms with Crippen LogP contribution in [0.3, 0.4) is 0 Å². The van der Waals surface area contributed by atoms with Gasteiger partial charge in [-0.3, -0.25) is 10.00 Å². The Bertz CT molecular complexity index is 1700. The van der Waals surface area contributed by atoms with Crippen LogP contribution in [0.5, 0.6) is 11.8 Å². The summed E-state index contributed by atoms with van der Waals surface area (Å²) in [5.41, 5.74) is 2.97. The van der Waals surface area contributed by atoms with Crippen LogP contribution in [-0.4, -0.2) is 86.8 Å². The summed E-state index contributed by atoms with van der Waals surface area (Å²) >= 11 is 0. The summed E-state index contributed by atoms with van der Waals surface area (Å²) in [7, 11) is 0. The molecule has 0 saturated carbocycles. The molecule has 0 aliphatic carbocycles. The first-order valence-electron chi connectivity index (χ1n) is 14.5. The first-order chi connectivity index (χ1) is 20.0. The van der Waals surface area contributed by atoms with E-state index in [1.807, 2.05) is 18.2 Å². The van der Waals surface area contributed by atoms with Crippen LogP contribution < -0.4 is 15.0 Å². The second-order valence-electron chi connectivity index (χ2n) is 12.1. The van der Waals surface area contributed by atoms with Gasteiger partial charge in [0.1, 0.15) is 35.3 Å². The predicted octanol–water partition coefficient (Wildman–Crippen LogP) is 3.76. The standard InChI is InChI=1S/C31H32FN7O2/c1-2-18-5-3-6-19-11-23(40)12-24(25(18)19)26-27-28(37-36-26)29(38-15-21-7-8-22(16-38)33-21)35-30(34-27)41-17-31-9-4-10-39(31)14-20(32)13-31/h1,3,5-6,11-12,20-22,33,40H,4,7-10,13-17H2,(H,36,37)/t20?,21?,22?,31-/m0/s1. The summed E-state index contributed by atoms with van der Waals surface area (Å²) in [4.78, 5) is 14.3. The van der Waals surface area contributed by atoms with Crippen molar-refractivity contribution >= 4 is 27.6 Å². The zero-order chi connectivity index (χ0) is 27.7. The third-order valence-electron chi connectivity index (χ3n) is 9.49. The number of benzene rings is 2. The van der Waals surface area contributed by atoms with Crippen molar-refractivity contribution in [1.29, 1.82) is 0 Å². The number of aromatic hydroxyl groups is 1. The van der Waals surface area contributed by atoms with Gasteiger partial charge in [-0.05, 0) is 55.8 Å². The first-order valence-corrected chi connectivity index (χ1v) is 14.5. The highest BCUT2D eigenvalue weighted by atomic mass is 19.1. The number of halogens is 1. The molecule has 41 heavy (non-hydrogen) atoms. The number of terminal acetylenes is 1. The molecular formula is C31H32FN7O2. The number of rotatable bonds is 5. The van der Waals surface area contributed by atoms with E-state index in [1.54, 1.807) is 12.1 Å². The highest BCUT2D eigenvalue weighted by molar-refractivity contribution is 6.06. The van der Waals surface area contributed by atoms with Crippen molar-refractivity contribution < 1.29 is 14.2 Å². The summed E-state index contributed by atoms with van der Waals surface area (Å²) in [6.07, 6.45) is 9.76. The molecule has 0 radical (unpaired) electrons. The van der Waals surface area contributed by atoms with E-state index >= 15 is 0 Å². The van der Waals surface area contributed by atoms with Gasteiger partial charge in [0.25, 0.3) is 0 Å². The molecule has 4 saturated heterocycles. The molecule has 2 aromatic carbocycles. The van der Waals surface area contributed by atoms with E-state index in [2.05, 4.69) is 26.1 Å². The molecule has 4 aliphatic rings. The number of ether oxygens (including phenoxy) is 1. The smallest absolute Gasteiger partial charge is 0.319 e. The molecule has 4 aliphatic heterocycles. The van der Waals surface area contributed by atoms with E-state index < -0.39 is 6.17 Å². The van der Waals surface area contributed by atoms with Crippen molar-refractivity contribution in [3.63, 3.8) is 0 Å². The van der Waals surface area contributed by atoms with Gasteiger partial charge in [0.15, 0.2) is 5.82 Å². The van der Waals surface area contributed by atoms with Gasteiger partial charge < -0.3 is 20.1 Å². The molecule has 2 aromatic heterocycles. The molecule has 3 unspecified atom stereocenters. The lowest BCUT2D eigenvalue weighted by Crippen LogP contribution is -2.51. The maximum Gasteiger partial charge on any atom is 0.319 e. The minimum absolute atomic E-state index is 0.115. The van der Waals surface area contributed by atoms with Gasteiger partial charge in [-0.2, -0.15) is 15.1 Å². The van der Waals surface area contributed by atoms with E-state index in [-0.39, 0.29) is 17.3 Å². The number of hydrogen-bond acceptors (Lipinski definition) is 8. The minimum Gasteiger partial charge on any atom is -0.508 e. The van der Waals surface area contributed by atoms with Gasteiger partial charge in [0, 0.05) is 54.7 Å². The Labute approximate surface area is 237 Å². The Morgan fingerprint density at radius 2 is 2.02 bits per heavy atom. The number of aromatic amines is 1. The SMILES string of the molecule is C#Cc1cccc2cc(O)cc(-c3n[nH]c4c(N5CC6CCC(C5)N6)nc(OC[C@@]56CCCN5CC(F)C6)nc34)c12. The van der Waals surface area contributed by atoms with Crippen molar-refractivity contribution in [2.45, 2.75) is 55.9 Å². The number of alkyl halides is 1. The molecule has 2 bridgehead atoms. The third-order valence-corrected chi connectivity index (χ3v) is 9.49. The van der Waals surface area contributed by atoms with E-state index in [1.165, 1.54) is 0 Å². The van der Waals surface area contributed by atoms with Crippen LogP contribution in [0, 0.1) is 12.3 Å². The summed E-state index contributed by atoms with van der Waals surface area (Å²) in [6.45, 7) is 3.36. The number of H-pyrrole nitrogens is 1. The van der Waals surface area contributed by atoms with Crippen molar-refractivity contribution in [2.75, 3.05) is 37.7 Å². The summed E-state index contributed by atoms with van der Waals surface area (Å²) in [5, 5.41) is 23.9. The average Bonchev–Trinajstić information content (AvgIpc) is 3.72. The second kappa shape index (κ2) is 9.29. The fourth-order valence-electron chi connectivity index (χ4n) is 7.69. The van der Waals surface area contributed by atoms with E-state index in [9.17, 15) is 9.50 Å². The van der Waals surface area contributed by atoms with Crippen molar-refractivity contribution in [3.8, 4) is 35.4 Å². The average molecular weight is 554 g/mol. The maximum absolute atomic E-state index is 14.4. The fourth-order valence-corrected chi connectivity index (χ4v) is 7.69. The minimum atomic E-state index is -0.834. The number of piperazine rings is 1. The summed E-state index contributed by atoms with van der Waals surface area (Å²) in [6, 6.07) is 10.1. The van der Waals surface area contributed by atoms with Crippen LogP contribution in [0.15, 0.2) is 30.3 Å². The molecule has 4 atom stereocenters. The molecule has 4 aromatic rings. The fraction of sp³-hybridized carbons (Fsp3) is 0.452. The molecule has 6 heterocycles. The van der Waals surface area contributed by atoms with Crippen LogP contribution in [-0.2, 0) is 0 Å². The van der Waals surface area contributed by atoms with E-state index in [0.717, 1.165) is 61.9 Å². The summed E-state index contributed by atoms with van der Waals surface area (Å²) < 4.78 is 20.8. The number of anilines is 1. The molecule has 3 N–H and O–H groups in total. The number of fused-ring (bicyclic) bond motifs is 5.